The largest absolute Gasteiger partial charge is 0.444 e. The van der Waals surface area contributed by atoms with Crippen LogP contribution in [0.1, 0.15) is 41.8 Å². The first-order chi connectivity index (χ1) is 13.0. The van der Waals surface area contributed by atoms with E-state index in [4.69, 9.17) is 4.42 Å². The first kappa shape index (κ1) is 19.6. The minimum Gasteiger partial charge on any atom is -0.444 e. The van der Waals surface area contributed by atoms with Crippen molar-refractivity contribution in [3.8, 4) is 0 Å². The van der Waals surface area contributed by atoms with Gasteiger partial charge in [-0.3, -0.25) is 14.4 Å². The van der Waals surface area contributed by atoms with Crippen molar-refractivity contribution in [2.24, 2.45) is 13.0 Å². The summed E-state index contributed by atoms with van der Waals surface area (Å²) in [6, 6.07) is -0.365. The van der Waals surface area contributed by atoms with E-state index in [1.165, 1.54) is 0 Å². The predicted molar refractivity (Wildman–Crippen MR) is 102 cm³/mol. The van der Waals surface area contributed by atoms with Crippen molar-refractivity contribution in [3.05, 3.63) is 35.3 Å². The molecular weight excluding hydrogens is 344 g/mol. The molecule has 0 radical (unpaired) electrons. The molecule has 2 aromatic rings. The van der Waals surface area contributed by atoms with Crippen molar-refractivity contribution in [2.45, 2.75) is 39.3 Å². The van der Waals surface area contributed by atoms with Crippen LogP contribution in [-0.2, 0) is 18.4 Å². The predicted octanol–water partition coefficient (Wildman–Crippen LogP) is 1.31. The Balaban J connectivity index is 1.43. The Morgan fingerprint density at radius 3 is 2.67 bits per heavy atom. The zero-order chi connectivity index (χ0) is 19.4. The normalized spacial score (nSPS) is 17.2. The van der Waals surface area contributed by atoms with Gasteiger partial charge < -0.3 is 15.1 Å². The van der Waals surface area contributed by atoms with Gasteiger partial charge in [0.15, 0.2) is 0 Å². The molecule has 3 heterocycles. The molecule has 1 aliphatic heterocycles. The zero-order valence-corrected chi connectivity index (χ0v) is 16.7. The second-order valence-corrected chi connectivity index (χ2v) is 7.38. The number of piperidine rings is 1. The van der Waals surface area contributed by atoms with Crippen LogP contribution in [0.3, 0.4) is 0 Å². The van der Waals surface area contributed by atoms with Crippen molar-refractivity contribution >= 4 is 5.91 Å². The smallest absolute Gasteiger partial charge is 0.241 e. The molecule has 27 heavy (non-hydrogen) atoms. The number of hydrogen-bond donors (Lipinski definition) is 2. The average molecular weight is 374 g/mol. The highest BCUT2D eigenvalue weighted by Crippen LogP contribution is 2.20. The molecule has 1 saturated heterocycles. The molecule has 1 atom stereocenters. The molecule has 1 fully saturated rings. The maximum atomic E-state index is 12.5. The van der Waals surface area contributed by atoms with Gasteiger partial charge in [0.25, 0.3) is 0 Å². The Morgan fingerprint density at radius 2 is 2.11 bits per heavy atom. The van der Waals surface area contributed by atoms with E-state index < -0.39 is 0 Å². The number of aromatic nitrogens is 3. The number of aryl methyl sites for hydroxylation is 3. The van der Waals surface area contributed by atoms with Gasteiger partial charge in [-0.05, 0) is 52.7 Å². The molecule has 3 rings (SSSR count). The minimum absolute atomic E-state index is 0.00124. The van der Waals surface area contributed by atoms with Gasteiger partial charge in [-0.15, -0.1) is 0 Å². The number of likely N-dealkylation sites (tertiary alicyclic amines) is 1. The summed E-state index contributed by atoms with van der Waals surface area (Å²) in [4.78, 5) is 19.4. The molecule has 0 saturated carbocycles. The average Bonchev–Trinajstić information content (AvgIpc) is 3.20. The molecule has 2 N–H and O–H groups in total. The van der Waals surface area contributed by atoms with E-state index in [1.54, 1.807) is 17.9 Å². The Labute approximate surface area is 160 Å². The Hall–Kier alpha value is -2.19. The first-order valence-electron chi connectivity index (χ1n) is 9.55. The van der Waals surface area contributed by atoms with Gasteiger partial charge in [-0.1, -0.05) is 0 Å². The van der Waals surface area contributed by atoms with Crippen LogP contribution in [0, 0.1) is 19.8 Å². The number of carbonyl (C=O) groups excluding carboxylic acids is 1. The molecule has 0 aliphatic carbocycles. The van der Waals surface area contributed by atoms with Crippen LogP contribution in [0.5, 0.6) is 0 Å². The van der Waals surface area contributed by atoms with Gasteiger partial charge in [0.2, 0.25) is 11.8 Å². The maximum absolute atomic E-state index is 12.5. The van der Waals surface area contributed by atoms with Crippen LogP contribution in [-0.4, -0.2) is 52.3 Å². The summed E-state index contributed by atoms with van der Waals surface area (Å²) < 4.78 is 7.39. The monoisotopic (exact) mass is 374 g/mol. The Bertz CT molecular complexity index is 741. The Morgan fingerprint density at radius 1 is 1.37 bits per heavy atom. The first-order valence-corrected chi connectivity index (χ1v) is 9.55. The fraction of sp³-hybridized carbons (Fsp3) is 0.632. The Kier molecular flexibility index (Phi) is 6.28. The van der Waals surface area contributed by atoms with Crippen LogP contribution < -0.4 is 10.6 Å². The lowest BCUT2D eigenvalue weighted by atomic mass is 9.96. The maximum Gasteiger partial charge on any atom is 0.241 e. The number of nitrogens with one attached hydrogen (secondary N) is 2. The fourth-order valence-corrected chi connectivity index (χ4v) is 3.53. The minimum atomic E-state index is -0.365. The summed E-state index contributed by atoms with van der Waals surface area (Å²) in [5.41, 5.74) is 1.85. The third kappa shape index (κ3) is 4.95. The number of rotatable bonds is 7. The van der Waals surface area contributed by atoms with E-state index in [2.05, 4.69) is 25.6 Å². The fourth-order valence-electron chi connectivity index (χ4n) is 3.53. The molecule has 2 aromatic heterocycles. The summed E-state index contributed by atoms with van der Waals surface area (Å²) in [6.45, 7) is 7.39. The van der Waals surface area contributed by atoms with Gasteiger partial charge in [-0.25, -0.2) is 4.98 Å². The third-order valence-electron chi connectivity index (χ3n) is 5.31. The van der Waals surface area contributed by atoms with Gasteiger partial charge in [-0.2, -0.15) is 5.10 Å². The second-order valence-electron chi connectivity index (χ2n) is 7.38. The van der Waals surface area contributed by atoms with E-state index in [-0.39, 0.29) is 11.9 Å². The zero-order valence-electron chi connectivity index (χ0n) is 16.7. The number of nitrogens with zero attached hydrogens (tertiary/aromatic N) is 4. The third-order valence-corrected chi connectivity index (χ3v) is 5.31. The number of amides is 1. The van der Waals surface area contributed by atoms with Crippen molar-refractivity contribution in [1.29, 1.82) is 0 Å². The van der Waals surface area contributed by atoms with Crippen LogP contribution in [0.15, 0.2) is 16.8 Å². The SMILES string of the molecule is CNC(C(=O)NCC1CCN(Cc2nc(C)c(C)o2)CC1)c1cnn(C)c1. The quantitative estimate of drug-likeness (QED) is 0.760. The lowest BCUT2D eigenvalue weighted by Crippen LogP contribution is -2.41. The number of oxazole rings is 1. The van der Waals surface area contributed by atoms with Crippen LogP contribution in [0.2, 0.25) is 0 Å². The number of likely N-dealkylation sites (N-methyl/N-ethyl adjacent to an activating group) is 1. The summed E-state index contributed by atoms with van der Waals surface area (Å²) in [6.07, 6.45) is 5.72. The molecular formula is C19H30N6O2. The van der Waals surface area contributed by atoms with Crippen LogP contribution >= 0.6 is 0 Å². The van der Waals surface area contributed by atoms with Crippen molar-refractivity contribution in [2.75, 3.05) is 26.7 Å². The van der Waals surface area contributed by atoms with Gasteiger partial charge in [0, 0.05) is 25.4 Å². The summed E-state index contributed by atoms with van der Waals surface area (Å²) in [5, 5.41) is 10.3. The topological polar surface area (TPSA) is 88.2 Å². The second kappa shape index (κ2) is 8.67. The van der Waals surface area contributed by atoms with Gasteiger partial charge in [0.05, 0.1) is 18.4 Å². The van der Waals surface area contributed by atoms with E-state index in [0.29, 0.717) is 12.5 Å². The van der Waals surface area contributed by atoms with Gasteiger partial charge >= 0.3 is 0 Å². The summed E-state index contributed by atoms with van der Waals surface area (Å²) >= 11 is 0. The lowest BCUT2D eigenvalue weighted by molar-refractivity contribution is -0.123. The van der Waals surface area contributed by atoms with Gasteiger partial charge in [0.1, 0.15) is 11.8 Å². The molecule has 0 bridgehead atoms. The lowest BCUT2D eigenvalue weighted by Gasteiger charge is -2.31. The number of carbonyl (C=O) groups is 1. The highest BCUT2D eigenvalue weighted by molar-refractivity contribution is 5.83. The molecule has 8 heteroatoms. The van der Waals surface area contributed by atoms with Crippen molar-refractivity contribution in [3.63, 3.8) is 0 Å². The molecule has 1 aliphatic rings. The number of hydrogen-bond acceptors (Lipinski definition) is 6. The standard InChI is InChI=1S/C19H30N6O2/c1-13-14(2)27-17(23-13)12-25-7-5-15(6-8-25)9-21-19(26)18(20-3)16-10-22-24(4)11-16/h10-11,15,18,20H,5-9,12H2,1-4H3,(H,21,26). The van der Waals surface area contributed by atoms with Crippen molar-refractivity contribution < 1.29 is 9.21 Å². The molecule has 1 unspecified atom stereocenters. The molecule has 0 aromatic carbocycles. The summed E-state index contributed by atoms with van der Waals surface area (Å²) in [7, 11) is 3.64. The van der Waals surface area contributed by atoms with E-state index in [9.17, 15) is 4.79 Å². The molecule has 0 spiro atoms. The van der Waals surface area contributed by atoms with Crippen LogP contribution in [0.4, 0.5) is 0 Å². The molecule has 148 valence electrons. The highest BCUT2D eigenvalue weighted by Gasteiger charge is 2.24. The van der Waals surface area contributed by atoms with E-state index in [1.807, 2.05) is 27.1 Å². The van der Waals surface area contributed by atoms with Crippen molar-refractivity contribution in [1.82, 2.24) is 30.3 Å². The molecule has 1 amide bonds. The highest BCUT2D eigenvalue weighted by atomic mass is 16.4. The summed E-state index contributed by atoms with van der Waals surface area (Å²) in [5.74, 6) is 2.20. The van der Waals surface area contributed by atoms with E-state index >= 15 is 0 Å². The van der Waals surface area contributed by atoms with Crippen LogP contribution in [0.25, 0.3) is 0 Å². The molecule has 8 nitrogen and oxygen atoms in total. The van der Waals surface area contributed by atoms with E-state index in [0.717, 1.165) is 55.4 Å².